The van der Waals surface area contributed by atoms with Crippen LogP contribution in [0, 0.1) is 26.7 Å². The molecule has 4 rings (SSSR count). The van der Waals surface area contributed by atoms with E-state index >= 15 is 0 Å². The van der Waals surface area contributed by atoms with E-state index in [1.165, 1.54) is 31.2 Å². The average Bonchev–Trinajstić information content (AvgIpc) is 3.38. The Hall–Kier alpha value is -3.57. The second-order valence-electron chi connectivity index (χ2n) is 9.67. The summed E-state index contributed by atoms with van der Waals surface area (Å²) in [5, 5.41) is 10.1. The molecule has 1 aliphatic rings. The molecule has 0 radical (unpaired) electrons. The number of rotatable bonds is 10. The van der Waals surface area contributed by atoms with Crippen LogP contribution in [0.1, 0.15) is 52.7 Å². The summed E-state index contributed by atoms with van der Waals surface area (Å²) >= 11 is 0. The molecule has 11 heteroatoms. The predicted molar refractivity (Wildman–Crippen MR) is 144 cm³/mol. The van der Waals surface area contributed by atoms with Gasteiger partial charge in [0.1, 0.15) is 21.1 Å². The van der Waals surface area contributed by atoms with Gasteiger partial charge >= 0.3 is 26.2 Å². The minimum absolute atomic E-state index is 0.0844. The van der Waals surface area contributed by atoms with E-state index in [-0.39, 0.29) is 39.4 Å². The summed E-state index contributed by atoms with van der Waals surface area (Å²) in [6.45, 7) is 5.22. The van der Waals surface area contributed by atoms with E-state index in [1.807, 2.05) is 0 Å². The van der Waals surface area contributed by atoms with Gasteiger partial charge in [0.15, 0.2) is 11.5 Å². The predicted octanol–water partition coefficient (Wildman–Crippen LogP) is 5.41. The minimum Gasteiger partial charge on any atom is -0.492 e. The molecule has 3 aromatic rings. The van der Waals surface area contributed by atoms with Crippen molar-refractivity contribution in [2.24, 2.45) is 5.92 Å². The number of carboxylic acid groups (broad SMARTS) is 1. The fraction of sp³-hybridized carbons (Fsp3) is 0.321. The van der Waals surface area contributed by atoms with E-state index in [1.54, 1.807) is 38.1 Å². The quantitative estimate of drug-likeness (QED) is 0.315. The van der Waals surface area contributed by atoms with Gasteiger partial charge in [-0.1, -0.05) is 48.2 Å². The molecule has 0 aromatic heterocycles. The van der Waals surface area contributed by atoms with E-state index in [9.17, 15) is 26.7 Å². The maximum absolute atomic E-state index is 13.1. The number of hydrogen-bond acceptors (Lipinski definition) is 8. The van der Waals surface area contributed by atoms with Gasteiger partial charge in [0.2, 0.25) is 0 Å². The lowest BCUT2D eigenvalue weighted by Gasteiger charge is -2.20. The van der Waals surface area contributed by atoms with Crippen LogP contribution in [0.25, 0.3) is 0 Å². The van der Waals surface area contributed by atoms with Crippen LogP contribution in [0.4, 0.5) is 0 Å². The fourth-order valence-electron chi connectivity index (χ4n) is 4.37. The number of ether oxygens (including phenoxy) is 1. The van der Waals surface area contributed by atoms with Crippen molar-refractivity contribution in [1.29, 1.82) is 0 Å². The van der Waals surface area contributed by atoms with Gasteiger partial charge in [0.05, 0.1) is 6.61 Å². The van der Waals surface area contributed by atoms with Crippen LogP contribution >= 0.6 is 0 Å². The summed E-state index contributed by atoms with van der Waals surface area (Å²) < 4.78 is 69.0. The molecule has 1 aliphatic carbocycles. The van der Waals surface area contributed by atoms with Crippen molar-refractivity contribution < 1.29 is 39.8 Å². The molecular weight excluding hydrogens is 544 g/mol. The largest absolute Gasteiger partial charge is 0.492 e. The van der Waals surface area contributed by atoms with Gasteiger partial charge in [-0.15, -0.1) is 0 Å². The Bertz CT molecular complexity index is 1570. The maximum atomic E-state index is 13.1. The highest BCUT2D eigenvalue weighted by atomic mass is 32.2. The lowest BCUT2D eigenvalue weighted by atomic mass is 10.1. The third-order valence-electron chi connectivity index (χ3n) is 6.62. The Morgan fingerprint density at radius 2 is 1.26 bits per heavy atom. The van der Waals surface area contributed by atoms with Crippen LogP contribution in [0.3, 0.4) is 0 Å². The van der Waals surface area contributed by atoms with Crippen molar-refractivity contribution in [3.63, 3.8) is 0 Å². The number of aromatic carboxylic acids is 1. The Kier molecular flexibility index (Phi) is 8.22. The van der Waals surface area contributed by atoms with Crippen molar-refractivity contribution in [3.05, 3.63) is 76.9 Å². The second-order valence-corrected chi connectivity index (χ2v) is 12.8. The minimum atomic E-state index is -4.49. The van der Waals surface area contributed by atoms with Gasteiger partial charge < -0.3 is 18.2 Å². The lowest BCUT2D eigenvalue weighted by Crippen LogP contribution is -2.17. The molecular formula is C28H30O9S2. The summed E-state index contributed by atoms with van der Waals surface area (Å²) in [6, 6.07) is 12.7. The Morgan fingerprint density at radius 3 is 1.72 bits per heavy atom. The second kappa shape index (κ2) is 11.3. The van der Waals surface area contributed by atoms with Crippen molar-refractivity contribution in [2.75, 3.05) is 6.61 Å². The smallest absolute Gasteiger partial charge is 0.343 e. The van der Waals surface area contributed by atoms with Crippen LogP contribution in [-0.2, 0) is 20.2 Å². The van der Waals surface area contributed by atoms with Crippen molar-refractivity contribution in [1.82, 2.24) is 0 Å². The van der Waals surface area contributed by atoms with Crippen molar-refractivity contribution in [2.45, 2.75) is 56.2 Å². The number of carboxylic acids is 1. The van der Waals surface area contributed by atoms with Gasteiger partial charge in [-0.25, -0.2) is 4.79 Å². The molecule has 0 atom stereocenters. The Balaban J connectivity index is 1.82. The van der Waals surface area contributed by atoms with E-state index in [0.29, 0.717) is 0 Å². The van der Waals surface area contributed by atoms with Gasteiger partial charge in [-0.2, -0.15) is 16.8 Å². The molecule has 0 aliphatic heterocycles. The third kappa shape index (κ3) is 6.54. The summed E-state index contributed by atoms with van der Waals surface area (Å²) in [6.07, 6.45) is 3.87. The molecule has 0 heterocycles. The van der Waals surface area contributed by atoms with Crippen LogP contribution in [0.15, 0.2) is 64.4 Å². The molecule has 1 N–H and O–H groups in total. The first-order valence-electron chi connectivity index (χ1n) is 12.4. The van der Waals surface area contributed by atoms with Gasteiger partial charge in [-0.3, -0.25) is 0 Å². The highest BCUT2D eigenvalue weighted by molar-refractivity contribution is 7.87. The zero-order chi connectivity index (χ0) is 28.4. The average molecular weight is 575 g/mol. The lowest BCUT2D eigenvalue weighted by molar-refractivity contribution is 0.0689. The molecule has 208 valence electrons. The maximum Gasteiger partial charge on any atom is 0.343 e. The molecule has 1 fully saturated rings. The van der Waals surface area contributed by atoms with Crippen molar-refractivity contribution in [3.8, 4) is 17.2 Å². The molecule has 0 unspecified atom stereocenters. The van der Waals surface area contributed by atoms with E-state index in [4.69, 9.17) is 13.1 Å². The van der Waals surface area contributed by atoms with E-state index in [0.717, 1.165) is 42.9 Å². The zero-order valence-corrected chi connectivity index (χ0v) is 23.5. The van der Waals surface area contributed by atoms with Crippen LogP contribution < -0.4 is 13.1 Å². The van der Waals surface area contributed by atoms with E-state index in [2.05, 4.69) is 0 Å². The highest BCUT2D eigenvalue weighted by Crippen LogP contribution is 2.42. The molecule has 9 nitrogen and oxygen atoms in total. The fourth-order valence-corrected chi connectivity index (χ4v) is 6.28. The monoisotopic (exact) mass is 574 g/mol. The Labute approximate surface area is 228 Å². The van der Waals surface area contributed by atoms with Gasteiger partial charge in [0, 0.05) is 11.6 Å². The zero-order valence-electron chi connectivity index (χ0n) is 21.8. The summed E-state index contributed by atoms with van der Waals surface area (Å²) in [5.74, 6) is -2.45. The number of benzene rings is 3. The van der Waals surface area contributed by atoms with Crippen molar-refractivity contribution >= 4 is 26.2 Å². The Morgan fingerprint density at radius 1 is 0.795 bits per heavy atom. The standard InChI is InChI=1S/C28H30O9S2/c1-18-8-12-22(13-9-18)38(31,32)36-24-16-25(37-39(33,34)23-14-10-19(2)11-15-23)26(28(29)30)27(20(24)3)35-17-21-6-4-5-7-21/h8-16,21H,4-7,17H2,1-3H3,(H,29,30). The molecule has 39 heavy (non-hydrogen) atoms. The van der Waals surface area contributed by atoms with E-state index < -0.39 is 37.5 Å². The SMILES string of the molecule is Cc1ccc(S(=O)(=O)Oc2cc(OS(=O)(=O)c3ccc(C)cc3)c(C(=O)O)c(OCC3CCCC3)c2C)cc1. The third-order valence-corrected chi connectivity index (χ3v) is 9.11. The molecule has 0 amide bonds. The molecule has 1 saturated carbocycles. The topological polar surface area (TPSA) is 133 Å². The number of carbonyl (C=O) groups is 1. The van der Waals surface area contributed by atoms with Crippen LogP contribution in [0.5, 0.6) is 17.2 Å². The first-order valence-corrected chi connectivity index (χ1v) is 15.2. The summed E-state index contributed by atoms with van der Waals surface area (Å²) in [4.78, 5) is 12.1. The van der Waals surface area contributed by atoms with Crippen LogP contribution in [0.2, 0.25) is 0 Å². The first-order chi connectivity index (χ1) is 18.4. The number of aryl methyl sites for hydroxylation is 2. The molecule has 3 aromatic carbocycles. The molecule has 0 bridgehead atoms. The highest BCUT2D eigenvalue weighted by Gasteiger charge is 2.31. The van der Waals surface area contributed by atoms with Gasteiger partial charge in [0.25, 0.3) is 0 Å². The first kappa shape index (κ1) is 28.4. The molecule has 0 saturated heterocycles. The van der Waals surface area contributed by atoms with Crippen LogP contribution in [-0.4, -0.2) is 34.5 Å². The van der Waals surface area contributed by atoms with Gasteiger partial charge in [-0.05, 0) is 63.8 Å². The molecule has 0 spiro atoms. The summed E-state index contributed by atoms with van der Waals surface area (Å²) in [5.41, 5.74) is 1.20. The normalized spacial score (nSPS) is 14.2. The number of hydrogen-bond donors (Lipinski definition) is 1. The summed E-state index contributed by atoms with van der Waals surface area (Å²) in [7, 11) is -8.85.